The summed E-state index contributed by atoms with van der Waals surface area (Å²) in [5.74, 6) is 0. The highest BCUT2D eigenvalue weighted by molar-refractivity contribution is 5.01. The predicted octanol–water partition coefficient (Wildman–Crippen LogP) is -13.6. The van der Waals surface area contributed by atoms with Crippen molar-refractivity contribution in [3.05, 3.63) is 18.7 Å². The second kappa shape index (κ2) is 29.0. The Morgan fingerprint density at radius 3 is 0.729 bits per heavy atom. The molecule has 0 unspecified atom stereocenters. The number of hydrogen-bond donors (Lipinski definition) is 20. The van der Waals surface area contributed by atoms with Crippen LogP contribution in [-0.4, -0.2) is 361 Å². The van der Waals surface area contributed by atoms with Crippen molar-refractivity contribution in [1.29, 1.82) is 0 Å². The molecule has 22 rings (SSSR count). The van der Waals surface area contributed by atoms with Gasteiger partial charge in [0, 0.05) is 0 Å². The average Bonchev–Trinajstić information content (AvgIpc) is 3.68. The van der Waals surface area contributed by atoms with Crippen molar-refractivity contribution in [3.8, 4) is 0 Å². The molecular weight excluding hydrogens is 1160 g/mol. The SMILES string of the molecule is CCCCn1cc[n+](C[C@H]2O[C@@H]3O[C@H]4[C@H](O)[C@@H](O)[C@@H](O[C@H]5[C@H](O)[C@@H](O)[C@@H](O[C@H]6[C@H](O)[C@@H](O)[C@@H](O[C@H]7[C@H](O)[C@@H](O)[C@@H](O[C@H]8[C@H](O)[C@@H](O)[C@@H](O[C@H]9[C@H](O)[C@@H](O)[C@@H](O[C@H]2[C@H](O)[C@H]3O)O[C@@H]9CO)O[C@@H]8CO)O[C@@H]7CO)O[C@@H]6CO)O[C@@H]5CO)O[C@@H]4CO)c1. The molecule has 14 bridgehead atoms. The highest BCUT2D eigenvalue weighted by Crippen LogP contribution is 2.39. The summed E-state index contributed by atoms with van der Waals surface area (Å²) in [6, 6.07) is 0. The van der Waals surface area contributed by atoms with Gasteiger partial charge in [-0.2, -0.15) is 0 Å². The van der Waals surface area contributed by atoms with Crippen LogP contribution in [0.15, 0.2) is 18.7 Å². The first kappa shape index (κ1) is 67.2. The molecule has 0 saturated carbocycles. The number of aliphatic hydroxyl groups is 20. The van der Waals surface area contributed by atoms with Gasteiger partial charge >= 0.3 is 0 Å². The van der Waals surface area contributed by atoms with Gasteiger partial charge in [0.1, 0.15) is 190 Å². The average molecular weight is 1240 g/mol. The number of aliphatic hydroxyl groups excluding tert-OH is 20. The lowest BCUT2D eigenvalue weighted by Crippen LogP contribution is -2.68. The molecule has 20 N–H and O–H groups in total. The van der Waals surface area contributed by atoms with Gasteiger partial charge in [0.15, 0.2) is 44.0 Å². The third-order valence-electron chi connectivity index (χ3n) is 16.5. The van der Waals surface area contributed by atoms with E-state index in [1.807, 2.05) is 11.5 Å². The number of hydrogen-bond acceptors (Lipinski definition) is 34. The molecule has 21 aliphatic rings. The van der Waals surface area contributed by atoms with Gasteiger partial charge in [-0.25, -0.2) is 9.13 Å². The molecule has 36 nitrogen and oxygen atoms in total. The molecule has 21 fully saturated rings. The van der Waals surface area contributed by atoms with Gasteiger partial charge in [-0.15, -0.1) is 0 Å². The van der Waals surface area contributed by atoms with E-state index in [-0.39, 0.29) is 6.54 Å². The summed E-state index contributed by atoms with van der Waals surface area (Å²) in [5, 5.41) is 224. The molecular formula is C49H81N2O34+. The number of aryl methyl sites for hydroxylation is 1. The van der Waals surface area contributed by atoms with E-state index in [9.17, 15) is 102 Å². The molecule has 36 heteroatoms. The van der Waals surface area contributed by atoms with Crippen molar-refractivity contribution in [3.63, 3.8) is 0 Å². The van der Waals surface area contributed by atoms with E-state index in [2.05, 4.69) is 0 Å². The van der Waals surface area contributed by atoms with Crippen LogP contribution < -0.4 is 4.57 Å². The molecule has 22 heterocycles. The molecule has 490 valence electrons. The van der Waals surface area contributed by atoms with E-state index in [4.69, 9.17) is 66.3 Å². The fourth-order valence-electron chi connectivity index (χ4n) is 11.6. The second-order valence-corrected chi connectivity index (χ2v) is 22.2. The maximum atomic E-state index is 11.9. The first-order valence-electron chi connectivity index (χ1n) is 28.0. The van der Waals surface area contributed by atoms with Crippen LogP contribution >= 0.6 is 0 Å². The largest absolute Gasteiger partial charge is 0.394 e. The van der Waals surface area contributed by atoms with Gasteiger partial charge in [0.25, 0.3) is 0 Å². The molecule has 85 heavy (non-hydrogen) atoms. The highest BCUT2D eigenvalue weighted by atomic mass is 16.8. The number of nitrogens with zero attached hydrogens (tertiary/aromatic N) is 2. The molecule has 1 aromatic heterocycles. The van der Waals surface area contributed by atoms with Crippen molar-refractivity contribution in [2.75, 3.05) is 39.6 Å². The molecule has 0 amide bonds. The van der Waals surface area contributed by atoms with Crippen LogP contribution in [0.2, 0.25) is 0 Å². The molecule has 0 radical (unpaired) electrons. The minimum Gasteiger partial charge on any atom is -0.394 e. The molecule has 21 saturated heterocycles. The number of imidazole rings is 1. The summed E-state index contributed by atoms with van der Waals surface area (Å²) in [6.45, 7) is -3.84. The molecule has 0 aromatic carbocycles. The van der Waals surface area contributed by atoms with E-state index >= 15 is 0 Å². The van der Waals surface area contributed by atoms with Crippen LogP contribution in [-0.2, 0) is 79.4 Å². The summed E-state index contributed by atoms with van der Waals surface area (Å²) in [6.07, 6.45) is -62.5. The van der Waals surface area contributed by atoms with E-state index in [1.165, 1.54) is 0 Å². The van der Waals surface area contributed by atoms with Gasteiger partial charge in [0.2, 0.25) is 6.33 Å². The summed E-state index contributed by atoms with van der Waals surface area (Å²) in [4.78, 5) is 0. The second-order valence-electron chi connectivity index (χ2n) is 22.2. The lowest BCUT2D eigenvalue weighted by Gasteiger charge is -2.50. The van der Waals surface area contributed by atoms with Crippen LogP contribution in [0, 0.1) is 0 Å². The van der Waals surface area contributed by atoms with Crippen molar-refractivity contribution in [1.82, 2.24) is 4.57 Å². The number of ether oxygens (including phenoxy) is 14. The lowest BCUT2D eigenvalue weighted by molar-refractivity contribution is -0.707. The molecule has 0 aliphatic carbocycles. The zero-order chi connectivity index (χ0) is 61.5. The monoisotopic (exact) mass is 1240 g/mol. The predicted molar refractivity (Wildman–Crippen MR) is 261 cm³/mol. The Balaban J connectivity index is 1.02. The standard InChI is InChI=1S/C49H81N2O34/c1-2-3-4-50-5-6-51(14-50)7-15-36-22(58)29(65)43(72-15)80-37-16(8-52)74-45(31(67)24(37)60)82-39-18(10-54)76-47(33(69)26(39)62)84-41-20(12-56)78-49(35(71)28(41)64)85-42-21(13-57)77-48(34(70)27(42)63)83-40-19(11-55)75-46(32(68)25(40)61)81-38-17(9-53)73-44(79-36)30(66)23(38)59/h5-6,14-49,52-71H,2-4,7-13H2,1H3/q+1/t15-,16-,17-,18-,19-,20-,21-,22-,23-,24-,25-,26-,27-,28-,29-,30-,31-,32-,33-,34-,35-,36-,37-,38-,39-,40-,41-,42-,43-,44-,45-,46-,47-,48-,49-/m1/s1. The quantitative estimate of drug-likeness (QED) is 0.0915. The lowest BCUT2D eigenvalue weighted by atomic mass is 9.95. The smallest absolute Gasteiger partial charge is 0.243 e. The maximum absolute atomic E-state index is 11.9. The highest BCUT2D eigenvalue weighted by Gasteiger charge is 2.60. The maximum Gasteiger partial charge on any atom is 0.243 e. The first-order valence-corrected chi connectivity index (χ1v) is 28.0. The fraction of sp³-hybridized carbons (Fsp3) is 0.939. The van der Waals surface area contributed by atoms with E-state index in [1.54, 1.807) is 23.3 Å². The zero-order valence-corrected chi connectivity index (χ0v) is 45.6. The normalized spacial score (nSPS) is 51.3. The third kappa shape index (κ3) is 13.7. The van der Waals surface area contributed by atoms with Crippen molar-refractivity contribution in [2.45, 2.75) is 248 Å². The zero-order valence-electron chi connectivity index (χ0n) is 45.6. The topological polar surface area (TPSA) is 543 Å². The summed E-state index contributed by atoms with van der Waals surface area (Å²) in [5.41, 5.74) is 0. The van der Waals surface area contributed by atoms with E-state index in [0.29, 0.717) is 6.54 Å². The summed E-state index contributed by atoms with van der Waals surface area (Å²) >= 11 is 0. The summed E-state index contributed by atoms with van der Waals surface area (Å²) in [7, 11) is 0. The van der Waals surface area contributed by atoms with Crippen LogP contribution in [0.5, 0.6) is 0 Å². The van der Waals surface area contributed by atoms with Gasteiger partial charge in [-0.1, -0.05) is 13.3 Å². The number of unbranched alkanes of at least 4 members (excludes halogenated alkanes) is 1. The van der Waals surface area contributed by atoms with E-state index < -0.39 is 255 Å². The third-order valence-corrected chi connectivity index (χ3v) is 16.5. The Hall–Kier alpha value is -2.15. The summed E-state index contributed by atoms with van der Waals surface area (Å²) < 4.78 is 85.1. The Morgan fingerprint density at radius 1 is 0.306 bits per heavy atom. The van der Waals surface area contributed by atoms with Crippen molar-refractivity contribution < 1.29 is 173 Å². The van der Waals surface area contributed by atoms with E-state index in [0.717, 1.165) is 12.8 Å². The van der Waals surface area contributed by atoms with Gasteiger partial charge in [-0.05, 0) is 6.42 Å². The first-order chi connectivity index (χ1) is 40.6. The molecule has 0 spiro atoms. The molecule has 1 aromatic rings. The molecule has 35 atom stereocenters. The van der Waals surface area contributed by atoms with Crippen LogP contribution in [0.1, 0.15) is 19.8 Å². The minimum atomic E-state index is -2.20. The molecule has 21 aliphatic heterocycles. The van der Waals surface area contributed by atoms with Gasteiger partial charge in [-0.3, -0.25) is 0 Å². The Morgan fingerprint density at radius 2 is 0.518 bits per heavy atom. The van der Waals surface area contributed by atoms with Crippen molar-refractivity contribution >= 4 is 0 Å². The Labute approximate surface area is 482 Å². The van der Waals surface area contributed by atoms with Crippen LogP contribution in [0.4, 0.5) is 0 Å². The Kier molecular flexibility index (Phi) is 22.9. The van der Waals surface area contributed by atoms with Crippen LogP contribution in [0.25, 0.3) is 0 Å². The minimum absolute atomic E-state index is 0.228. The number of rotatable bonds is 11. The fourth-order valence-corrected chi connectivity index (χ4v) is 11.6. The Bertz CT molecular complexity index is 2200. The van der Waals surface area contributed by atoms with Crippen LogP contribution in [0.3, 0.4) is 0 Å². The van der Waals surface area contributed by atoms with Gasteiger partial charge < -0.3 is 168 Å². The van der Waals surface area contributed by atoms with Crippen molar-refractivity contribution in [2.24, 2.45) is 0 Å². The van der Waals surface area contributed by atoms with Gasteiger partial charge in [0.05, 0.1) is 46.2 Å². The number of aromatic nitrogens is 2.